The van der Waals surface area contributed by atoms with Crippen LogP contribution in [0.15, 0.2) is 36.4 Å². The van der Waals surface area contributed by atoms with Crippen molar-refractivity contribution < 1.29 is 13.2 Å². The summed E-state index contributed by atoms with van der Waals surface area (Å²) in [7, 11) is 0. The van der Waals surface area contributed by atoms with Crippen molar-refractivity contribution in [1.82, 2.24) is 5.32 Å². The molecule has 2 rings (SSSR count). The Balaban J connectivity index is 2.11. The molecule has 1 N–H and O–H groups in total. The first-order valence-electron chi connectivity index (χ1n) is 6.41. The van der Waals surface area contributed by atoms with Gasteiger partial charge in [0.15, 0.2) is 0 Å². The third kappa shape index (κ3) is 3.20. The van der Waals surface area contributed by atoms with Crippen molar-refractivity contribution >= 4 is 0 Å². The Hall–Kier alpha value is -1.81. The maximum absolute atomic E-state index is 13.6. The standard InChI is InChI=1S/C16H16F3N/c1-10-8-13(17)7-6-12(10)9-20-11(2)16-14(18)4-3-5-15(16)19/h3-8,11,20H,9H2,1-2H3. The van der Waals surface area contributed by atoms with Gasteiger partial charge in [0.05, 0.1) is 0 Å². The van der Waals surface area contributed by atoms with Crippen LogP contribution < -0.4 is 5.32 Å². The van der Waals surface area contributed by atoms with Crippen molar-refractivity contribution in [2.45, 2.75) is 26.4 Å². The lowest BCUT2D eigenvalue weighted by atomic mass is 10.1. The van der Waals surface area contributed by atoms with Crippen LogP contribution >= 0.6 is 0 Å². The Morgan fingerprint density at radius 3 is 2.30 bits per heavy atom. The van der Waals surface area contributed by atoms with E-state index in [-0.39, 0.29) is 11.4 Å². The predicted molar refractivity (Wildman–Crippen MR) is 72.7 cm³/mol. The Bertz CT molecular complexity index is 590. The number of rotatable bonds is 4. The summed E-state index contributed by atoms with van der Waals surface area (Å²) >= 11 is 0. The SMILES string of the molecule is Cc1cc(F)ccc1CNC(C)c1c(F)cccc1F. The van der Waals surface area contributed by atoms with Crippen LogP contribution in [0.25, 0.3) is 0 Å². The lowest BCUT2D eigenvalue weighted by Crippen LogP contribution is -2.20. The van der Waals surface area contributed by atoms with Gasteiger partial charge in [-0.25, -0.2) is 13.2 Å². The molecule has 0 aliphatic heterocycles. The van der Waals surface area contributed by atoms with Crippen molar-refractivity contribution in [2.75, 3.05) is 0 Å². The van der Waals surface area contributed by atoms with Crippen LogP contribution in [0.5, 0.6) is 0 Å². The molecule has 0 heterocycles. The maximum atomic E-state index is 13.6. The molecule has 0 aromatic heterocycles. The third-order valence-electron chi connectivity index (χ3n) is 3.34. The third-order valence-corrected chi connectivity index (χ3v) is 3.34. The molecule has 0 amide bonds. The molecule has 2 aromatic rings. The average Bonchev–Trinajstić information content (AvgIpc) is 2.37. The lowest BCUT2D eigenvalue weighted by Gasteiger charge is -2.16. The van der Waals surface area contributed by atoms with Crippen molar-refractivity contribution in [3.63, 3.8) is 0 Å². The summed E-state index contributed by atoms with van der Waals surface area (Å²) in [5, 5.41) is 3.05. The second-order valence-corrected chi connectivity index (χ2v) is 4.81. The van der Waals surface area contributed by atoms with Gasteiger partial charge in [-0.3, -0.25) is 0 Å². The number of benzene rings is 2. The van der Waals surface area contributed by atoms with E-state index < -0.39 is 17.7 Å². The highest BCUT2D eigenvalue weighted by molar-refractivity contribution is 5.27. The van der Waals surface area contributed by atoms with Gasteiger partial charge in [-0.2, -0.15) is 0 Å². The first-order valence-corrected chi connectivity index (χ1v) is 6.41. The number of hydrogen-bond donors (Lipinski definition) is 1. The van der Waals surface area contributed by atoms with E-state index in [0.717, 1.165) is 11.1 Å². The second-order valence-electron chi connectivity index (χ2n) is 4.81. The summed E-state index contributed by atoms with van der Waals surface area (Å²) < 4.78 is 40.3. The molecule has 4 heteroatoms. The summed E-state index contributed by atoms with van der Waals surface area (Å²) in [5.74, 6) is -1.43. The molecule has 0 aliphatic rings. The van der Waals surface area contributed by atoms with E-state index in [2.05, 4.69) is 5.32 Å². The Labute approximate surface area is 116 Å². The minimum Gasteiger partial charge on any atom is -0.306 e. The minimum absolute atomic E-state index is 0.0206. The Morgan fingerprint density at radius 2 is 1.70 bits per heavy atom. The van der Waals surface area contributed by atoms with Gasteiger partial charge >= 0.3 is 0 Å². The highest BCUT2D eigenvalue weighted by Crippen LogP contribution is 2.21. The van der Waals surface area contributed by atoms with Gasteiger partial charge in [0.25, 0.3) is 0 Å². The molecular weight excluding hydrogens is 263 g/mol. The summed E-state index contributed by atoms with van der Waals surface area (Å²) in [4.78, 5) is 0. The van der Waals surface area contributed by atoms with E-state index in [1.165, 1.54) is 30.3 Å². The molecule has 0 spiro atoms. The van der Waals surface area contributed by atoms with Gasteiger partial charge in [-0.1, -0.05) is 12.1 Å². The first-order chi connectivity index (χ1) is 9.49. The van der Waals surface area contributed by atoms with E-state index in [4.69, 9.17) is 0 Å². The molecule has 0 radical (unpaired) electrons. The summed E-state index contributed by atoms with van der Waals surface area (Å²) in [6.45, 7) is 3.91. The van der Waals surface area contributed by atoms with Crippen molar-refractivity contribution in [1.29, 1.82) is 0 Å². The van der Waals surface area contributed by atoms with Crippen LogP contribution in [0.2, 0.25) is 0 Å². The molecule has 20 heavy (non-hydrogen) atoms. The normalized spacial score (nSPS) is 12.4. The van der Waals surface area contributed by atoms with Crippen LogP contribution in [0.4, 0.5) is 13.2 Å². The lowest BCUT2D eigenvalue weighted by molar-refractivity contribution is 0.487. The molecule has 0 saturated carbocycles. The number of aryl methyl sites for hydroxylation is 1. The summed E-state index contributed by atoms with van der Waals surface area (Å²) in [5.41, 5.74) is 1.72. The van der Waals surface area contributed by atoms with Crippen LogP contribution in [0.1, 0.15) is 29.7 Å². The van der Waals surface area contributed by atoms with Crippen LogP contribution in [-0.4, -0.2) is 0 Å². The molecule has 1 nitrogen and oxygen atoms in total. The summed E-state index contributed by atoms with van der Waals surface area (Å²) in [6.07, 6.45) is 0. The maximum Gasteiger partial charge on any atom is 0.130 e. The zero-order chi connectivity index (χ0) is 14.7. The number of nitrogens with one attached hydrogen (secondary N) is 1. The van der Waals surface area contributed by atoms with Crippen molar-refractivity contribution in [3.8, 4) is 0 Å². The van der Waals surface area contributed by atoms with Crippen LogP contribution in [-0.2, 0) is 6.54 Å². The second kappa shape index (κ2) is 6.09. The number of hydrogen-bond acceptors (Lipinski definition) is 1. The zero-order valence-electron chi connectivity index (χ0n) is 11.4. The topological polar surface area (TPSA) is 12.0 Å². The molecule has 0 saturated heterocycles. The van der Waals surface area contributed by atoms with E-state index in [0.29, 0.717) is 6.54 Å². The van der Waals surface area contributed by atoms with E-state index in [1.54, 1.807) is 19.9 Å². The number of halogens is 3. The largest absolute Gasteiger partial charge is 0.306 e. The highest BCUT2D eigenvalue weighted by atomic mass is 19.1. The molecule has 0 aliphatic carbocycles. The molecule has 2 aromatic carbocycles. The van der Waals surface area contributed by atoms with Crippen LogP contribution in [0, 0.1) is 24.4 Å². The smallest absolute Gasteiger partial charge is 0.130 e. The van der Waals surface area contributed by atoms with Gasteiger partial charge in [-0.15, -0.1) is 0 Å². The molecule has 106 valence electrons. The average molecular weight is 279 g/mol. The van der Waals surface area contributed by atoms with Gasteiger partial charge in [0.2, 0.25) is 0 Å². The molecule has 0 fully saturated rings. The zero-order valence-corrected chi connectivity index (χ0v) is 11.4. The minimum atomic E-state index is -0.569. The van der Waals surface area contributed by atoms with Crippen molar-refractivity contribution in [3.05, 3.63) is 70.5 Å². The van der Waals surface area contributed by atoms with E-state index >= 15 is 0 Å². The van der Waals surface area contributed by atoms with Gasteiger partial charge in [0.1, 0.15) is 17.5 Å². The Morgan fingerprint density at radius 1 is 1.05 bits per heavy atom. The monoisotopic (exact) mass is 279 g/mol. The quantitative estimate of drug-likeness (QED) is 0.881. The molecular formula is C16H16F3N. The van der Waals surface area contributed by atoms with Gasteiger partial charge in [0, 0.05) is 18.2 Å². The molecule has 1 atom stereocenters. The van der Waals surface area contributed by atoms with Gasteiger partial charge in [-0.05, 0) is 49.2 Å². The van der Waals surface area contributed by atoms with Crippen molar-refractivity contribution in [2.24, 2.45) is 0 Å². The fourth-order valence-electron chi connectivity index (χ4n) is 2.15. The summed E-state index contributed by atoms with van der Waals surface area (Å²) in [6, 6.07) is 7.82. The first kappa shape index (κ1) is 14.6. The fraction of sp³-hybridized carbons (Fsp3) is 0.250. The highest BCUT2D eigenvalue weighted by Gasteiger charge is 2.15. The van der Waals surface area contributed by atoms with Crippen LogP contribution in [0.3, 0.4) is 0 Å². The fourth-order valence-corrected chi connectivity index (χ4v) is 2.15. The molecule has 1 unspecified atom stereocenters. The van der Waals surface area contributed by atoms with E-state index in [1.807, 2.05) is 0 Å². The van der Waals surface area contributed by atoms with E-state index in [9.17, 15) is 13.2 Å². The predicted octanol–water partition coefficient (Wildman–Crippen LogP) is 4.26. The molecule has 0 bridgehead atoms. The van der Waals surface area contributed by atoms with Gasteiger partial charge < -0.3 is 5.32 Å². The Kier molecular flexibility index (Phi) is 4.45.